The smallest absolute Gasteiger partial charge is 0.325 e. The van der Waals surface area contributed by atoms with Crippen LogP contribution in [0.25, 0.3) is 11.2 Å². The number of likely N-dealkylation sites (tertiary alicyclic amines) is 1. The molecule has 0 spiro atoms. The molecule has 6 nitrogen and oxygen atoms in total. The summed E-state index contributed by atoms with van der Waals surface area (Å²) in [5.41, 5.74) is 2.46. The Kier molecular flexibility index (Phi) is 4.09. The summed E-state index contributed by atoms with van der Waals surface area (Å²) in [5.74, 6) is 0.546. The normalized spacial score (nSPS) is 15.6. The Morgan fingerprint density at radius 2 is 1.84 bits per heavy atom. The molecule has 2 N–H and O–H groups in total. The highest BCUT2D eigenvalue weighted by Gasteiger charge is 2.24. The average molecular weight is 336 g/mol. The number of hydrogen-bond acceptors (Lipinski definition) is 3. The van der Waals surface area contributed by atoms with E-state index in [1.54, 1.807) is 12.1 Å². The summed E-state index contributed by atoms with van der Waals surface area (Å²) in [6.07, 6.45) is 3.07. The molecule has 128 valence electrons. The van der Waals surface area contributed by atoms with Crippen molar-refractivity contribution in [2.45, 2.75) is 19.3 Å². The van der Waals surface area contributed by atoms with E-state index in [2.05, 4.69) is 39.2 Å². The van der Waals surface area contributed by atoms with E-state index in [0.717, 1.165) is 32.4 Å². The molecule has 3 aromatic rings. The molecular weight excluding hydrogens is 316 g/mol. The highest BCUT2D eigenvalue weighted by Crippen LogP contribution is 2.22. The Labute approximate surface area is 144 Å². The van der Waals surface area contributed by atoms with Crippen LogP contribution < -0.4 is 5.69 Å². The number of benzene rings is 1. The van der Waals surface area contributed by atoms with Crippen molar-refractivity contribution in [1.82, 2.24) is 19.9 Å². The van der Waals surface area contributed by atoms with Gasteiger partial charge in [-0.2, -0.15) is 0 Å². The van der Waals surface area contributed by atoms with Crippen LogP contribution in [0.5, 0.6) is 0 Å². The van der Waals surface area contributed by atoms with E-state index < -0.39 is 0 Å². The van der Waals surface area contributed by atoms with Crippen molar-refractivity contribution >= 4 is 17.1 Å². The highest BCUT2D eigenvalue weighted by atomic mass is 16.2. The van der Waals surface area contributed by atoms with Gasteiger partial charge in [0.25, 0.3) is 5.91 Å². The van der Waals surface area contributed by atoms with Gasteiger partial charge in [0.05, 0.1) is 5.52 Å². The minimum absolute atomic E-state index is 0.0675. The number of nitrogens with one attached hydrogen (secondary N) is 2. The van der Waals surface area contributed by atoms with Gasteiger partial charge in [-0.3, -0.25) is 9.78 Å². The summed E-state index contributed by atoms with van der Waals surface area (Å²) in [4.78, 5) is 35.4. The zero-order valence-electron chi connectivity index (χ0n) is 13.9. The lowest BCUT2D eigenvalue weighted by Gasteiger charge is -2.32. The Bertz CT molecular complexity index is 937. The van der Waals surface area contributed by atoms with Crippen molar-refractivity contribution in [3.63, 3.8) is 0 Å². The van der Waals surface area contributed by atoms with Crippen LogP contribution >= 0.6 is 0 Å². The van der Waals surface area contributed by atoms with Crippen LogP contribution in [0.4, 0.5) is 0 Å². The number of rotatable bonds is 3. The first-order valence-corrected chi connectivity index (χ1v) is 8.61. The lowest BCUT2D eigenvalue weighted by Crippen LogP contribution is -2.39. The van der Waals surface area contributed by atoms with Crippen LogP contribution in [0.15, 0.2) is 47.3 Å². The molecule has 3 heterocycles. The molecule has 0 bridgehead atoms. The predicted octanol–water partition coefficient (Wildman–Crippen LogP) is 2.35. The lowest BCUT2D eigenvalue weighted by atomic mass is 9.90. The van der Waals surface area contributed by atoms with Gasteiger partial charge < -0.3 is 9.88 Å². The maximum absolute atomic E-state index is 12.7. The summed E-state index contributed by atoms with van der Waals surface area (Å²) in [7, 11) is 0. The molecule has 1 amide bonds. The van der Waals surface area contributed by atoms with Crippen LogP contribution in [0.2, 0.25) is 0 Å². The number of carbonyl (C=O) groups is 1. The second-order valence-corrected chi connectivity index (χ2v) is 6.60. The van der Waals surface area contributed by atoms with E-state index in [4.69, 9.17) is 0 Å². The first-order valence-electron chi connectivity index (χ1n) is 8.61. The number of aromatic amines is 2. The molecule has 1 aliphatic heterocycles. The van der Waals surface area contributed by atoms with Crippen molar-refractivity contribution in [2.75, 3.05) is 13.1 Å². The van der Waals surface area contributed by atoms with E-state index >= 15 is 0 Å². The maximum Gasteiger partial charge on any atom is 0.325 e. The number of amides is 1. The number of hydrogen-bond donors (Lipinski definition) is 2. The molecule has 0 saturated carbocycles. The summed E-state index contributed by atoms with van der Waals surface area (Å²) < 4.78 is 0. The van der Waals surface area contributed by atoms with Gasteiger partial charge >= 0.3 is 5.69 Å². The second-order valence-electron chi connectivity index (χ2n) is 6.60. The number of aromatic nitrogens is 3. The fraction of sp³-hybridized carbons (Fsp3) is 0.316. The minimum atomic E-state index is -0.311. The number of pyridine rings is 1. The quantitative estimate of drug-likeness (QED) is 0.770. The van der Waals surface area contributed by atoms with E-state index in [1.807, 2.05) is 11.0 Å². The summed E-state index contributed by atoms with van der Waals surface area (Å²) in [6, 6.07) is 13.9. The molecule has 0 atom stereocenters. The Hall–Kier alpha value is -2.89. The summed E-state index contributed by atoms with van der Waals surface area (Å²) in [5, 5.41) is 0. The molecule has 2 aromatic heterocycles. The molecule has 6 heteroatoms. The number of imidazole rings is 1. The first-order chi connectivity index (χ1) is 12.2. The fourth-order valence-corrected chi connectivity index (χ4v) is 3.49. The van der Waals surface area contributed by atoms with E-state index in [0.29, 0.717) is 22.8 Å². The Morgan fingerprint density at radius 3 is 2.60 bits per heavy atom. The third kappa shape index (κ3) is 3.33. The maximum atomic E-state index is 12.7. The molecule has 0 radical (unpaired) electrons. The van der Waals surface area contributed by atoms with Gasteiger partial charge in [-0.15, -0.1) is 0 Å². The summed E-state index contributed by atoms with van der Waals surface area (Å²) in [6.45, 7) is 1.50. The van der Waals surface area contributed by atoms with Crippen molar-refractivity contribution in [1.29, 1.82) is 0 Å². The number of fused-ring (bicyclic) bond motifs is 1. The van der Waals surface area contributed by atoms with Crippen molar-refractivity contribution < 1.29 is 4.79 Å². The molecule has 0 unspecified atom stereocenters. The van der Waals surface area contributed by atoms with E-state index in [-0.39, 0.29) is 11.6 Å². The first kappa shape index (κ1) is 15.6. The third-order valence-electron chi connectivity index (χ3n) is 4.86. The van der Waals surface area contributed by atoms with Gasteiger partial charge in [0.1, 0.15) is 5.69 Å². The number of nitrogens with zero attached hydrogens (tertiary/aromatic N) is 2. The largest absolute Gasteiger partial charge is 0.337 e. The van der Waals surface area contributed by atoms with Gasteiger partial charge in [-0.1, -0.05) is 30.3 Å². The minimum Gasteiger partial charge on any atom is -0.337 e. The van der Waals surface area contributed by atoms with Crippen LogP contribution in [0, 0.1) is 5.92 Å². The third-order valence-corrected chi connectivity index (χ3v) is 4.86. The molecule has 1 aliphatic rings. The van der Waals surface area contributed by atoms with Crippen LogP contribution in [-0.4, -0.2) is 38.8 Å². The summed E-state index contributed by atoms with van der Waals surface area (Å²) >= 11 is 0. The Balaban J connectivity index is 1.41. The van der Waals surface area contributed by atoms with Gasteiger partial charge in [-0.25, -0.2) is 9.78 Å². The molecule has 1 aromatic carbocycles. The number of carbonyl (C=O) groups excluding carboxylic acids is 1. The van der Waals surface area contributed by atoms with Gasteiger partial charge in [0.2, 0.25) is 0 Å². The van der Waals surface area contributed by atoms with Crippen LogP contribution in [0.1, 0.15) is 28.9 Å². The molecule has 1 saturated heterocycles. The highest BCUT2D eigenvalue weighted by molar-refractivity contribution is 5.94. The molecule has 25 heavy (non-hydrogen) atoms. The molecule has 0 aliphatic carbocycles. The standard InChI is InChI=1S/C19H20N4O2/c24-18(16-7-6-15-17(20-16)22-19(25)21-15)23-10-8-14(9-11-23)12-13-4-2-1-3-5-13/h1-7,14H,8-12H2,(H2,20,21,22,25). The SMILES string of the molecule is O=C(c1ccc2[nH]c(=O)[nH]c2n1)N1CCC(Cc2ccccc2)CC1. The average Bonchev–Trinajstić information content (AvgIpc) is 3.02. The topological polar surface area (TPSA) is 81.8 Å². The van der Waals surface area contributed by atoms with Gasteiger partial charge in [0, 0.05) is 13.1 Å². The van der Waals surface area contributed by atoms with Gasteiger partial charge in [-0.05, 0) is 42.9 Å². The zero-order chi connectivity index (χ0) is 17.2. The van der Waals surface area contributed by atoms with E-state index in [9.17, 15) is 9.59 Å². The number of H-pyrrole nitrogens is 2. The zero-order valence-corrected chi connectivity index (χ0v) is 13.9. The van der Waals surface area contributed by atoms with Gasteiger partial charge in [0.15, 0.2) is 5.65 Å². The van der Waals surface area contributed by atoms with E-state index in [1.165, 1.54) is 5.56 Å². The lowest BCUT2D eigenvalue weighted by molar-refractivity contribution is 0.0685. The fourth-order valence-electron chi connectivity index (χ4n) is 3.49. The monoisotopic (exact) mass is 336 g/mol. The molecular formula is C19H20N4O2. The Morgan fingerprint density at radius 1 is 1.08 bits per heavy atom. The molecule has 4 rings (SSSR count). The van der Waals surface area contributed by atoms with Crippen LogP contribution in [0.3, 0.4) is 0 Å². The second kappa shape index (κ2) is 6.55. The van der Waals surface area contributed by atoms with Crippen molar-refractivity contribution in [2.24, 2.45) is 5.92 Å². The predicted molar refractivity (Wildman–Crippen MR) is 95.5 cm³/mol. The molecule has 1 fully saturated rings. The van der Waals surface area contributed by atoms with Crippen molar-refractivity contribution in [3.8, 4) is 0 Å². The van der Waals surface area contributed by atoms with Crippen LogP contribution in [-0.2, 0) is 6.42 Å². The number of piperidine rings is 1. The van der Waals surface area contributed by atoms with Crippen molar-refractivity contribution in [3.05, 3.63) is 64.2 Å².